The number of carbonyl (C=O) groups excluding carboxylic acids is 1. The van der Waals surface area contributed by atoms with Crippen LogP contribution in [0, 0.1) is 0 Å². The van der Waals surface area contributed by atoms with E-state index >= 15 is 0 Å². The Labute approximate surface area is 135 Å². The average Bonchev–Trinajstić information content (AvgIpc) is 3.07. The minimum atomic E-state index is -0.236. The Bertz CT molecular complexity index is 556. The number of likely N-dealkylation sites (tertiary alicyclic amines) is 2. The molecule has 1 aromatic rings. The summed E-state index contributed by atoms with van der Waals surface area (Å²) in [5, 5.41) is 0. The van der Waals surface area contributed by atoms with Gasteiger partial charge in [0, 0.05) is 38.3 Å². The van der Waals surface area contributed by atoms with Crippen molar-refractivity contribution >= 4 is 6.03 Å². The lowest BCUT2D eigenvalue weighted by Crippen LogP contribution is -2.69. The standard InChI is InChI=1S/C16H22N4O3/c21-15(19-6-1-2-7-19)20-11-16(12-20)9-13(3-8-22-16)23-14-10-17-4-5-18-14/h4-5,10,13H,1-3,6-9,11-12H2/t13-/m0/s1. The molecule has 0 aromatic carbocycles. The summed E-state index contributed by atoms with van der Waals surface area (Å²) < 4.78 is 11.9. The lowest BCUT2D eigenvalue weighted by atomic mass is 9.85. The molecule has 1 spiro atoms. The van der Waals surface area contributed by atoms with Gasteiger partial charge in [-0.3, -0.25) is 4.98 Å². The largest absolute Gasteiger partial charge is 0.473 e. The molecular formula is C16H22N4O3. The minimum absolute atomic E-state index is 0.0736. The fraction of sp³-hybridized carbons (Fsp3) is 0.688. The zero-order valence-electron chi connectivity index (χ0n) is 13.2. The van der Waals surface area contributed by atoms with E-state index in [1.165, 1.54) is 0 Å². The summed E-state index contributed by atoms with van der Waals surface area (Å²) in [6.45, 7) is 3.78. The van der Waals surface area contributed by atoms with Crippen LogP contribution in [0.3, 0.4) is 0 Å². The Kier molecular flexibility index (Phi) is 3.80. The van der Waals surface area contributed by atoms with Gasteiger partial charge in [0.15, 0.2) is 0 Å². The second kappa shape index (κ2) is 5.96. The first kappa shape index (κ1) is 14.7. The monoisotopic (exact) mass is 318 g/mol. The number of amides is 2. The van der Waals surface area contributed by atoms with Crippen LogP contribution in [0.15, 0.2) is 18.6 Å². The first-order valence-corrected chi connectivity index (χ1v) is 8.35. The fourth-order valence-corrected chi connectivity index (χ4v) is 3.71. The minimum Gasteiger partial charge on any atom is -0.473 e. The number of aromatic nitrogens is 2. The Morgan fingerprint density at radius 3 is 2.83 bits per heavy atom. The number of carbonyl (C=O) groups is 1. The molecule has 1 atom stereocenters. The van der Waals surface area contributed by atoms with Crippen LogP contribution in [0.5, 0.6) is 5.88 Å². The van der Waals surface area contributed by atoms with Crippen LogP contribution in [-0.4, -0.2) is 70.3 Å². The predicted octanol–water partition coefficient (Wildman–Crippen LogP) is 1.30. The van der Waals surface area contributed by atoms with E-state index < -0.39 is 0 Å². The molecule has 3 fully saturated rings. The van der Waals surface area contributed by atoms with Gasteiger partial charge in [-0.25, -0.2) is 9.78 Å². The van der Waals surface area contributed by atoms with E-state index in [9.17, 15) is 4.79 Å². The highest BCUT2D eigenvalue weighted by Gasteiger charge is 2.50. The van der Waals surface area contributed by atoms with Crippen LogP contribution in [0.1, 0.15) is 25.7 Å². The number of hydrogen-bond donors (Lipinski definition) is 0. The summed E-state index contributed by atoms with van der Waals surface area (Å²) in [5.41, 5.74) is -0.236. The van der Waals surface area contributed by atoms with Crippen molar-refractivity contribution in [2.24, 2.45) is 0 Å². The maximum Gasteiger partial charge on any atom is 0.320 e. The third-order valence-electron chi connectivity index (χ3n) is 4.88. The average molecular weight is 318 g/mol. The van der Waals surface area contributed by atoms with Crippen LogP contribution >= 0.6 is 0 Å². The van der Waals surface area contributed by atoms with Gasteiger partial charge < -0.3 is 19.3 Å². The molecule has 4 rings (SSSR count). The second-order valence-electron chi connectivity index (χ2n) is 6.64. The van der Waals surface area contributed by atoms with Crippen molar-refractivity contribution in [2.45, 2.75) is 37.4 Å². The molecule has 0 radical (unpaired) electrons. The van der Waals surface area contributed by atoms with Gasteiger partial charge in [0.1, 0.15) is 11.7 Å². The van der Waals surface area contributed by atoms with Gasteiger partial charge in [-0.05, 0) is 12.8 Å². The molecule has 0 aliphatic carbocycles. The molecule has 0 N–H and O–H groups in total. The van der Waals surface area contributed by atoms with E-state index in [1.54, 1.807) is 18.6 Å². The van der Waals surface area contributed by atoms with Crippen molar-refractivity contribution in [1.82, 2.24) is 19.8 Å². The smallest absolute Gasteiger partial charge is 0.320 e. The molecule has 7 heteroatoms. The molecule has 1 aromatic heterocycles. The molecule has 0 saturated carbocycles. The van der Waals surface area contributed by atoms with E-state index in [4.69, 9.17) is 9.47 Å². The number of urea groups is 1. The molecular weight excluding hydrogens is 296 g/mol. The highest BCUT2D eigenvalue weighted by Crippen LogP contribution is 2.36. The van der Waals surface area contributed by atoms with Gasteiger partial charge in [-0.15, -0.1) is 0 Å². The summed E-state index contributed by atoms with van der Waals surface area (Å²) in [6, 6.07) is 0.161. The molecule has 7 nitrogen and oxygen atoms in total. The number of hydrogen-bond acceptors (Lipinski definition) is 5. The fourth-order valence-electron chi connectivity index (χ4n) is 3.71. The Balaban J connectivity index is 1.32. The van der Waals surface area contributed by atoms with Crippen molar-refractivity contribution in [3.05, 3.63) is 18.6 Å². The number of rotatable bonds is 2. The number of ether oxygens (including phenoxy) is 2. The molecule has 0 bridgehead atoms. The van der Waals surface area contributed by atoms with Crippen molar-refractivity contribution in [3.63, 3.8) is 0 Å². The molecule has 0 unspecified atom stereocenters. The summed E-state index contributed by atoms with van der Waals surface area (Å²) in [5.74, 6) is 0.555. The quantitative estimate of drug-likeness (QED) is 0.822. The zero-order valence-corrected chi connectivity index (χ0v) is 13.2. The van der Waals surface area contributed by atoms with E-state index in [2.05, 4.69) is 9.97 Å². The van der Waals surface area contributed by atoms with Gasteiger partial charge >= 0.3 is 6.03 Å². The Morgan fingerprint density at radius 2 is 2.09 bits per heavy atom. The lowest BCUT2D eigenvalue weighted by Gasteiger charge is -2.53. The third kappa shape index (κ3) is 2.97. The Hall–Kier alpha value is -1.89. The topological polar surface area (TPSA) is 67.8 Å². The van der Waals surface area contributed by atoms with Crippen LogP contribution in [-0.2, 0) is 4.74 Å². The van der Waals surface area contributed by atoms with E-state index in [0.717, 1.165) is 38.8 Å². The normalized spacial score (nSPS) is 26.2. The van der Waals surface area contributed by atoms with E-state index in [0.29, 0.717) is 25.6 Å². The van der Waals surface area contributed by atoms with Gasteiger partial charge in [-0.2, -0.15) is 0 Å². The highest BCUT2D eigenvalue weighted by molar-refractivity contribution is 5.76. The zero-order chi connectivity index (χ0) is 15.7. The molecule has 3 saturated heterocycles. The van der Waals surface area contributed by atoms with Gasteiger partial charge in [0.25, 0.3) is 0 Å². The molecule has 2 amide bonds. The lowest BCUT2D eigenvalue weighted by molar-refractivity contribution is -0.174. The molecule has 23 heavy (non-hydrogen) atoms. The third-order valence-corrected chi connectivity index (χ3v) is 4.88. The first-order chi connectivity index (χ1) is 11.2. The maximum atomic E-state index is 12.4. The molecule has 4 heterocycles. The highest BCUT2D eigenvalue weighted by atomic mass is 16.5. The van der Waals surface area contributed by atoms with Crippen LogP contribution in [0.2, 0.25) is 0 Å². The molecule has 124 valence electrons. The van der Waals surface area contributed by atoms with E-state index in [1.807, 2.05) is 9.80 Å². The summed E-state index contributed by atoms with van der Waals surface area (Å²) in [7, 11) is 0. The van der Waals surface area contributed by atoms with Crippen molar-refractivity contribution in [3.8, 4) is 5.88 Å². The Morgan fingerprint density at radius 1 is 1.26 bits per heavy atom. The van der Waals surface area contributed by atoms with Crippen molar-refractivity contribution in [2.75, 3.05) is 32.8 Å². The molecule has 3 aliphatic rings. The second-order valence-corrected chi connectivity index (χ2v) is 6.64. The first-order valence-electron chi connectivity index (χ1n) is 8.35. The number of nitrogens with zero attached hydrogens (tertiary/aromatic N) is 4. The van der Waals surface area contributed by atoms with Crippen molar-refractivity contribution in [1.29, 1.82) is 0 Å². The van der Waals surface area contributed by atoms with Crippen molar-refractivity contribution < 1.29 is 14.3 Å². The SMILES string of the molecule is O=C(N1CCCC1)N1CC2(C[C@@H](Oc3cnccn3)CCO2)C1. The maximum absolute atomic E-state index is 12.4. The van der Waals surface area contributed by atoms with Gasteiger partial charge in [0.05, 0.1) is 25.9 Å². The summed E-state index contributed by atoms with van der Waals surface area (Å²) in [4.78, 5) is 24.4. The van der Waals surface area contributed by atoms with Crippen LogP contribution in [0.4, 0.5) is 4.79 Å². The summed E-state index contributed by atoms with van der Waals surface area (Å²) in [6.07, 6.45) is 8.85. The van der Waals surface area contributed by atoms with Crippen LogP contribution < -0.4 is 4.74 Å². The van der Waals surface area contributed by atoms with Gasteiger partial charge in [-0.1, -0.05) is 0 Å². The predicted molar refractivity (Wildman–Crippen MR) is 82.1 cm³/mol. The van der Waals surface area contributed by atoms with E-state index in [-0.39, 0.29) is 17.7 Å². The van der Waals surface area contributed by atoms with Gasteiger partial charge in [0.2, 0.25) is 5.88 Å². The molecule has 3 aliphatic heterocycles. The summed E-state index contributed by atoms with van der Waals surface area (Å²) >= 11 is 0. The van der Waals surface area contributed by atoms with Crippen LogP contribution in [0.25, 0.3) is 0 Å².